The SMILES string of the molecule is Brc1ccccc1-c1ccccc1-c1cccc2c1C1(c3ccccc3-2)C2CC3CC(C2)CC1C3. The average Bonchev–Trinajstić information content (AvgIpc) is 3.19. The Balaban J connectivity index is 1.44. The molecule has 1 heteroatoms. The zero-order valence-electron chi connectivity index (χ0n) is 19.9. The van der Waals surface area contributed by atoms with Crippen LogP contribution in [0.25, 0.3) is 33.4 Å². The van der Waals surface area contributed by atoms with Crippen LogP contribution < -0.4 is 0 Å². The summed E-state index contributed by atoms with van der Waals surface area (Å²) in [7, 11) is 0. The smallest absolute Gasteiger partial charge is 0.0278 e. The van der Waals surface area contributed by atoms with Gasteiger partial charge in [0.15, 0.2) is 0 Å². The van der Waals surface area contributed by atoms with Crippen molar-refractivity contribution in [3.05, 3.63) is 107 Å². The van der Waals surface area contributed by atoms with Crippen molar-refractivity contribution in [2.24, 2.45) is 23.7 Å². The van der Waals surface area contributed by atoms with Crippen molar-refractivity contribution in [1.29, 1.82) is 0 Å². The van der Waals surface area contributed by atoms with E-state index in [0.717, 1.165) is 28.1 Å². The first-order valence-electron chi connectivity index (χ1n) is 13.3. The maximum atomic E-state index is 3.85. The molecule has 0 aliphatic heterocycles. The van der Waals surface area contributed by atoms with Crippen LogP contribution in [-0.2, 0) is 5.41 Å². The Morgan fingerprint density at radius 3 is 1.63 bits per heavy atom. The lowest BCUT2D eigenvalue weighted by Crippen LogP contribution is -2.55. The second-order valence-corrected chi connectivity index (χ2v) is 12.3. The zero-order chi connectivity index (χ0) is 23.1. The summed E-state index contributed by atoms with van der Waals surface area (Å²) in [5, 5.41) is 0. The van der Waals surface area contributed by atoms with Crippen LogP contribution in [0.1, 0.15) is 43.2 Å². The molecule has 5 aliphatic rings. The van der Waals surface area contributed by atoms with Crippen LogP contribution in [0.4, 0.5) is 0 Å². The molecule has 9 rings (SSSR count). The van der Waals surface area contributed by atoms with Crippen molar-refractivity contribution in [1.82, 2.24) is 0 Å². The van der Waals surface area contributed by atoms with Gasteiger partial charge in [-0.05, 0) is 106 Å². The van der Waals surface area contributed by atoms with E-state index in [1.54, 1.807) is 11.1 Å². The maximum absolute atomic E-state index is 3.85. The molecule has 5 aliphatic carbocycles. The molecule has 4 saturated carbocycles. The lowest BCUT2D eigenvalue weighted by atomic mass is 9.42. The standard InChI is InChI=1S/C34H29Br/c35-32-15-6-4-11-28(32)25-8-1-2-9-26(25)29-12-7-13-30-27-10-3-5-14-31(27)34(33(29)30)23-17-21-16-22(19-23)20-24(34)18-21/h1-15,21-24H,16-20H2. The predicted molar refractivity (Wildman–Crippen MR) is 148 cm³/mol. The highest BCUT2D eigenvalue weighted by molar-refractivity contribution is 9.10. The topological polar surface area (TPSA) is 0 Å². The normalized spacial score (nSPS) is 29.4. The first-order chi connectivity index (χ1) is 17.2. The summed E-state index contributed by atoms with van der Waals surface area (Å²) in [6.45, 7) is 0. The molecule has 172 valence electrons. The number of benzene rings is 4. The second kappa shape index (κ2) is 7.43. The molecule has 0 aromatic heterocycles. The van der Waals surface area contributed by atoms with Crippen LogP contribution >= 0.6 is 15.9 Å². The molecule has 0 atom stereocenters. The molecule has 4 bridgehead atoms. The Morgan fingerprint density at radius 1 is 0.486 bits per heavy atom. The number of hydrogen-bond acceptors (Lipinski definition) is 0. The van der Waals surface area contributed by atoms with Gasteiger partial charge in [0.2, 0.25) is 0 Å². The van der Waals surface area contributed by atoms with E-state index in [1.165, 1.54) is 65.5 Å². The number of fused-ring (bicyclic) bond motifs is 3. The van der Waals surface area contributed by atoms with E-state index < -0.39 is 0 Å². The lowest BCUT2D eigenvalue weighted by Gasteiger charge is -2.61. The van der Waals surface area contributed by atoms with Gasteiger partial charge in [0.1, 0.15) is 0 Å². The van der Waals surface area contributed by atoms with Crippen molar-refractivity contribution in [2.75, 3.05) is 0 Å². The van der Waals surface area contributed by atoms with Crippen LogP contribution in [0.2, 0.25) is 0 Å². The van der Waals surface area contributed by atoms with Gasteiger partial charge in [-0.2, -0.15) is 0 Å². The van der Waals surface area contributed by atoms with E-state index in [4.69, 9.17) is 0 Å². The van der Waals surface area contributed by atoms with E-state index in [2.05, 4.69) is 107 Å². The Bertz CT molecular complexity index is 1450. The van der Waals surface area contributed by atoms with Crippen molar-refractivity contribution < 1.29 is 0 Å². The first-order valence-corrected chi connectivity index (χ1v) is 14.1. The lowest BCUT2D eigenvalue weighted by molar-refractivity contribution is -0.0397. The Hall–Kier alpha value is -2.64. The molecule has 0 heterocycles. The molecular formula is C34H29Br. The van der Waals surface area contributed by atoms with Gasteiger partial charge < -0.3 is 0 Å². The molecule has 0 nitrogen and oxygen atoms in total. The van der Waals surface area contributed by atoms with Crippen molar-refractivity contribution in [2.45, 2.75) is 37.5 Å². The third-order valence-electron chi connectivity index (χ3n) is 9.95. The summed E-state index contributed by atoms with van der Waals surface area (Å²) in [6.07, 6.45) is 7.16. The summed E-state index contributed by atoms with van der Waals surface area (Å²) < 4.78 is 1.16. The van der Waals surface area contributed by atoms with Crippen molar-refractivity contribution in [3.63, 3.8) is 0 Å². The van der Waals surface area contributed by atoms with Crippen LogP contribution in [0.15, 0.2) is 95.5 Å². The summed E-state index contributed by atoms with van der Waals surface area (Å²) >= 11 is 3.85. The minimum Gasteiger partial charge on any atom is -0.0619 e. The largest absolute Gasteiger partial charge is 0.0619 e. The number of hydrogen-bond donors (Lipinski definition) is 0. The number of halogens is 1. The van der Waals surface area contributed by atoms with Gasteiger partial charge >= 0.3 is 0 Å². The average molecular weight is 518 g/mol. The van der Waals surface area contributed by atoms with E-state index >= 15 is 0 Å². The Kier molecular flexibility index (Phi) is 4.36. The predicted octanol–water partition coefficient (Wildman–Crippen LogP) is 9.51. The third kappa shape index (κ3) is 2.68. The Morgan fingerprint density at radius 2 is 0.971 bits per heavy atom. The molecule has 0 radical (unpaired) electrons. The fourth-order valence-corrected chi connectivity index (χ4v) is 9.57. The van der Waals surface area contributed by atoms with Crippen LogP contribution in [0.5, 0.6) is 0 Å². The molecule has 4 aromatic carbocycles. The minimum absolute atomic E-state index is 0.178. The molecule has 0 saturated heterocycles. The molecular weight excluding hydrogens is 488 g/mol. The van der Waals surface area contributed by atoms with E-state index in [-0.39, 0.29) is 5.41 Å². The van der Waals surface area contributed by atoms with Gasteiger partial charge in [0.25, 0.3) is 0 Å². The highest BCUT2D eigenvalue weighted by Crippen LogP contribution is 2.70. The fraction of sp³-hybridized carbons (Fsp3) is 0.294. The van der Waals surface area contributed by atoms with Crippen LogP contribution in [0.3, 0.4) is 0 Å². The fourth-order valence-electron chi connectivity index (χ4n) is 9.07. The molecule has 35 heavy (non-hydrogen) atoms. The number of rotatable bonds is 2. The zero-order valence-corrected chi connectivity index (χ0v) is 21.5. The van der Waals surface area contributed by atoms with E-state index in [9.17, 15) is 0 Å². The monoisotopic (exact) mass is 516 g/mol. The highest BCUT2D eigenvalue weighted by Gasteiger charge is 2.62. The molecule has 4 fully saturated rings. The summed E-state index contributed by atoms with van der Waals surface area (Å²) in [6, 6.07) is 34.3. The summed E-state index contributed by atoms with van der Waals surface area (Å²) in [5.74, 6) is 3.47. The molecule has 1 spiro atoms. The first kappa shape index (κ1) is 20.5. The van der Waals surface area contributed by atoms with Gasteiger partial charge in [-0.1, -0.05) is 101 Å². The van der Waals surface area contributed by atoms with Gasteiger partial charge in [0.05, 0.1) is 0 Å². The Labute approximate surface area is 216 Å². The van der Waals surface area contributed by atoms with Crippen LogP contribution in [-0.4, -0.2) is 0 Å². The van der Waals surface area contributed by atoms with Crippen molar-refractivity contribution in [3.8, 4) is 33.4 Å². The van der Waals surface area contributed by atoms with Gasteiger partial charge in [-0.15, -0.1) is 0 Å². The van der Waals surface area contributed by atoms with E-state index in [0.29, 0.717) is 0 Å². The second-order valence-electron chi connectivity index (χ2n) is 11.5. The highest BCUT2D eigenvalue weighted by atomic mass is 79.9. The van der Waals surface area contributed by atoms with Crippen molar-refractivity contribution >= 4 is 15.9 Å². The summed E-state index contributed by atoms with van der Waals surface area (Å²) in [5.41, 5.74) is 11.9. The third-order valence-corrected chi connectivity index (χ3v) is 10.6. The molecule has 0 amide bonds. The molecule has 4 aromatic rings. The molecule has 0 N–H and O–H groups in total. The van der Waals surface area contributed by atoms with Gasteiger partial charge in [-0.3, -0.25) is 0 Å². The van der Waals surface area contributed by atoms with Crippen LogP contribution in [0, 0.1) is 23.7 Å². The minimum atomic E-state index is 0.178. The molecule has 0 unspecified atom stereocenters. The van der Waals surface area contributed by atoms with E-state index in [1.807, 2.05) is 0 Å². The quantitative estimate of drug-likeness (QED) is 0.248. The maximum Gasteiger partial charge on any atom is 0.0278 e. The summed E-state index contributed by atoms with van der Waals surface area (Å²) in [4.78, 5) is 0. The van der Waals surface area contributed by atoms with Gasteiger partial charge in [-0.25, -0.2) is 0 Å². The van der Waals surface area contributed by atoms with Gasteiger partial charge in [0, 0.05) is 9.89 Å².